The van der Waals surface area contributed by atoms with E-state index in [1.165, 1.54) is 6.07 Å². The first-order valence-corrected chi connectivity index (χ1v) is 3.72. The number of nitrogens with one attached hydrogen (secondary N) is 1. The molecule has 0 saturated carbocycles. The lowest BCUT2D eigenvalue weighted by Gasteiger charge is -2.06. The minimum absolute atomic E-state index is 0.0379. The molecule has 0 aliphatic rings. The molecule has 0 unspecified atom stereocenters. The van der Waals surface area contributed by atoms with E-state index in [-0.39, 0.29) is 5.75 Å². The molecule has 0 aliphatic carbocycles. The lowest BCUT2D eigenvalue weighted by atomic mass is 10.3. The highest BCUT2D eigenvalue weighted by atomic mass is 16.6. The highest BCUT2D eigenvalue weighted by Crippen LogP contribution is 2.26. The minimum atomic E-state index is 0.0379. The molecule has 0 saturated heterocycles. The third kappa shape index (κ3) is 2.03. The number of hydrogen-bond acceptors (Lipinski definition) is 4. The third-order valence-corrected chi connectivity index (χ3v) is 1.31. The van der Waals surface area contributed by atoms with Gasteiger partial charge >= 0.3 is 0 Å². The molecule has 66 valence electrons. The molecule has 1 aromatic carbocycles. The van der Waals surface area contributed by atoms with Gasteiger partial charge in [-0.1, -0.05) is 0 Å². The Morgan fingerprint density at radius 1 is 1.58 bits per heavy atom. The van der Waals surface area contributed by atoms with Crippen LogP contribution in [0.1, 0.15) is 6.92 Å². The zero-order valence-electron chi connectivity index (χ0n) is 6.87. The summed E-state index contributed by atoms with van der Waals surface area (Å²) in [4.78, 5) is 4.99. The molecule has 0 amide bonds. The molecule has 4 nitrogen and oxygen atoms in total. The summed E-state index contributed by atoms with van der Waals surface area (Å²) in [5.74, 6) is 0.419. The molecule has 0 aliphatic heterocycles. The third-order valence-electron chi connectivity index (χ3n) is 1.31. The van der Waals surface area contributed by atoms with E-state index in [4.69, 9.17) is 10.6 Å². The van der Waals surface area contributed by atoms with Gasteiger partial charge in [0.05, 0.1) is 0 Å². The van der Waals surface area contributed by atoms with E-state index < -0.39 is 0 Å². The summed E-state index contributed by atoms with van der Waals surface area (Å²) in [6, 6.07) is 4.70. The quantitative estimate of drug-likeness (QED) is 0.463. The molecule has 0 fully saturated rings. The summed E-state index contributed by atoms with van der Waals surface area (Å²) in [7, 11) is 0. The van der Waals surface area contributed by atoms with E-state index >= 15 is 0 Å². The second kappa shape index (κ2) is 3.82. The first-order chi connectivity index (χ1) is 5.74. The lowest BCUT2D eigenvalue weighted by molar-refractivity contribution is 0.194. The maximum atomic E-state index is 9.27. The molecule has 1 aromatic rings. The fourth-order valence-corrected chi connectivity index (χ4v) is 0.771. The van der Waals surface area contributed by atoms with E-state index in [0.29, 0.717) is 18.0 Å². The predicted molar refractivity (Wildman–Crippen MR) is 46.8 cm³/mol. The Morgan fingerprint density at radius 3 is 2.92 bits per heavy atom. The SMILES string of the molecule is CCNOc1ccc(N)cc1O. The molecule has 0 spiro atoms. The number of benzene rings is 1. The second-order valence-corrected chi connectivity index (χ2v) is 2.33. The van der Waals surface area contributed by atoms with Crippen LogP contribution in [0.5, 0.6) is 11.5 Å². The molecule has 12 heavy (non-hydrogen) atoms. The number of phenols is 1. The van der Waals surface area contributed by atoms with Crippen molar-refractivity contribution in [2.24, 2.45) is 0 Å². The van der Waals surface area contributed by atoms with Gasteiger partial charge in [0.15, 0.2) is 11.5 Å². The van der Waals surface area contributed by atoms with Crippen molar-refractivity contribution in [2.45, 2.75) is 6.92 Å². The number of nitrogens with two attached hydrogens (primary N) is 1. The normalized spacial score (nSPS) is 9.75. The zero-order valence-corrected chi connectivity index (χ0v) is 6.87. The standard InChI is InChI=1S/C8H12N2O2/c1-2-10-12-8-4-3-6(9)5-7(8)11/h3-5,10-11H,2,9H2,1H3. The largest absolute Gasteiger partial charge is 0.504 e. The zero-order chi connectivity index (χ0) is 8.97. The van der Waals surface area contributed by atoms with Crippen LogP contribution < -0.4 is 16.1 Å². The van der Waals surface area contributed by atoms with Crippen molar-refractivity contribution < 1.29 is 9.94 Å². The number of nitrogen functional groups attached to an aromatic ring is 1. The Morgan fingerprint density at radius 2 is 2.33 bits per heavy atom. The van der Waals surface area contributed by atoms with Gasteiger partial charge in [-0.15, -0.1) is 0 Å². The fraction of sp³-hybridized carbons (Fsp3) is 0.250. The number of aromatic hydroxyl groups is 1. The van der Waals surface area contributed by atoms with Gasteiger partial charge in [0.25, 0.3) is 0 Å². The lowest BCUT2D eigenvalue weighted by Crippen LogP contribution is -2.17. The summed E-state index contributed by atoms with van der Waals surface area (Å²) < 4.78 is 0. The van der Waals surface area contributed by atoms with Crippen molar-refractivity contribution in [1.82, 2.24) is 5.48 Å². The van der Waals surface area contributed by atoms with Crippen LogP contribution in [-0.2, 0) is 0 Å². The van der Waals surface area contributed by atoms with Crippen molar-refractivity contribution >= 4 is 5.69 Å². The maximum absolute atomic E-state index is 9.27. The summed E-state index contributed by atoms with van der Waals surface area (Å²) in [5, 5.41) is 9.27. The van der Waals surface area contributed by atoms with E-state index in [1.807, 2.05) is 6.92 Å². The molecule has 1 rings (SSSR count). The first-order valence-electron chi connectivity index (χ1n) is 3.72. The van der Waals surface area contributed by atoms with Crippen molar-refractivity contribution in [1.29, 1.82) is 0 Å². The van der Waals surface area contributed by atoms with Crippen LogP contribution in [0.15, 0.2) is 18.2 Å². The van der Waals surface area contributed by atoms with Crippen LogP contribution in [0.3, 0.4) is 0 Å². The van der Waals surface area contributed by atoms with Crippen molar-refractivity contribution in [3.8, 4) is 11.5 Å². The Labute approximate surface area is 70.9 Å². The van der Waals surface area contributed by atoms with Crippen LogP contribution in [0.4, 0.5) is 5.69 Å². The smallest absolute Gasteiger partial charge is 0.188 e. The molecule has 0 bridgehead atoms. The number of rotatable bonds is 3. The van der Waals surface area contributed by atoms with Gasteiger partial charge < -0.3 is 15.7 Å². The van der Waals surface area contributed by atoms with E-state index in [0.717, 1.165) is 0 Å². The van der Waals surface area contributed by atoms with Crippen LogP contribution in [-0.4, -0.2) is 11.7 Å². The molecule has 4 heteroatoms. The molecule has 0 atom stereocenters. The fourth-order valence-electron chi connectivity index (χ4n) is 0.771. The van der Waals surface area contributed by atoms with Gasteiger partial charge in [0, 0.05) is 18.3 Å². The number of anilines is 1. The Hall–Kier alpha value is -1.42. The summed E-state index contributed by atoms with van der Waals surface area (Å²) in [5.41, 5.74) is 8.55. The van der Waals surface area contributed by atoms with E-state index in [9.17, 15) is 5.11 Å². The highest BCUT2D eigenvalue weighted by Gasteiger charge is 2.01. The summed E-state index contributed by atoms with van der Waals surface area (Å²) in [6.07, 6.45) is 0. The van der Waals surface area contributed by atoms with Crippen molar-refractivity contribution in [3.05, 3.63) is 18.2 Å². The Bertz CT molecular complexity index is 263. The van der Waals surface area contributed by atoms with Gasteiger partial charge in [0.2, 0.25) is 0 Å². The summed E-state index contributed by atoms with van der Waals surface area (Å²) in [6.45, 7) is 2.57. The van der Waals surface area contributed by atoms with Gasteiger partial charge in [-0.25, -0.2) is 0 Å². The van der Waals surface area contributed by atoms with Gasteiger partial charge in [-0.05, 0) is 19.1 Å². The minimum Gasteiger partial charge on any atom is -0.504 e. The van der Waals surface area contributed by atoms with Crippen LogP contribution >= 0.6 is 0 Å². The predicted octanol–water partition coefficient (Wildman–Crippen LogP) is 0.878. The molecule has 0 aromatic heterocycles. The monoisotopic (exact) mass is 168 g/mol. The van der Waals surface area contributed by atoms with Crippen LogP contribution in [0, 0.1) is 0 Å². The molecular formula is C8H12N2O2. The number of phenolic OH excluding ortho intramolecular Hbond substituents is 1. The molecule has 4 N–H and O–H groups in total. The average Bonchev–Trinajstić information content (AvgIpc) is 2.03. The summed E-state index contributed by atoms with van der Waals surface area (Å²) >= 11 is 0. The van der Waals surface area contributed by atoms with Crippen LogP contribution in [0.25, 0.3) is 0 Å². The van der Waals surface area contributed by atoms with E-state index in [1.54, 1.807) is 12.1 Å². The first kappa shape index (κ1) is 8.67. The maximum Gasteiger partial charge on any atom is 0.188 e. The van der Waals surface area contributed by atoms with Crippen molar-refractivity contribution in [3.63, 3.8) is 0 Å². The van der Waals surface area contributed by atoms with Gasteiger partial charge in [-0.3, -0.25) is 0 Å². The van der Waals surface area contributed by atoms with Gasteiger partial charge in [-0.2, -0.15) is 5.48 Å². The molecule has 0 radical (unpaired) electrons. The molecule has 0 heterocycles. The van der Waals surface area contributed by atoms with E-state index in [2.05, 4.69) is 5.48 Å². The Balaban J connectivity index is 2.72. The number of hydroxylamine groups is 1. The topological polar surface area (TPSA) is 67.5 Å². The molecular weight excluding hydrogens is 156 g/mol. The van der Waals surface area contributed by atoms with Crippen molar-refractivity contribution in [2.75, 3.05) is 12.3 Å². The number of hydrogen-bond donors (Lipinski definition) is 3. The second-order valence-electron chi connectivity index (χ2n) is 2.33. The average molecular weight is 168 g/mol. The Kier molecular flexibility index (Phi) is 2.76. The highest BCUT2D eigenvalue weighted by molar-refractivity contribution is 5.50. The van der Waals surface area contributed by atoms with Crippen LogP contribution in [0.2, 0.25) is 0 Å². The van der Waals surface area contributed by atoms with Gasteiger partial charge in [0.1, 0.15) is 0 Å².